The van der Waals surface area contributed by atoms with Gasteiger partial charge in [-0.1, -0.05) is 29.3 Å². The molecule has 0 saturated carbocycles. The molecule has 0 bridgehead atoms. The fourth-order valence-electron chi connectivity index (χ4n) is 2.36. The van der Waals surface area contributed by atoms with Crippen LogP contribution in [0.15, 0.2) is 18.2 Å². The second-order valence-electron chi connectivity index (χ2n) is 5.04. The summed E-state index contributed by atoms with van der Waals surface area (Å²) >= 11 is 12.0. The van der Waals surface area contributed by atoms with Crippen molar-refractivity contribution in [2.24, 2.45) is 0 Å². The Morgan fingerprint density at radius 2 is 2.00 bits per heavy atom. The van der Waals surface area contributed by atoms with Gasteiger partial charge >= 0.3 is 6.09 Å². The quantitative estimate of drug-likeness (QED) is 0.914. The molecule has 22 heavy (non-hydrogen) atoms. The predicted octanol–water partition coefficient (Wildman–Crippen LogP) is 3.34. The molecule has 1 fully saturated rings. The highest BCUT2D eigenvalue weighted by molar-refractivity contribution is 6.43. The Morgan fingerprint density at radius 1 is 1.32 bits per heavy atom. The van der Waals surface area contributed by atoms with Crippen molar-refractivity contribution >= 4 is 35.2 Å². The maximum Gasteiger partial charge on any atom is 0.409 e. The number of carbonyl (C=O) groups is 2. The second kappa shape index (κ2) is 7.70. The molecule has 0 aliphatic carbocycles. The lowest BCUT2D eigenvalue weighted by atomic mass is 10.0. The Kier molecular flexibility index (Phi) is 5.91. The van der Waals surface area contributed by atoms with Crippen LogP contribution in [0, 0.1) is 0 Å². The number of ether oxygens (including phenoxy) is 1. The Balaban J connectivity index is 1.89. The van der Waals surface area contributed by atoms with E-state index in [0.717, 1.165) is 0 Å². The Hall–Kier alpha value is -1.46. The summed E-state index contributed by atoms with van der Waals surface area (Å²) in [6.07, 6.45) is 1.07. The average Bonchev–Trinajstić information content (AvgIpc) is 2.51. The standard InChI is InChI=1S/C15H18Cl2N2O3/c1-2-22-15(21)19-8-6-10(7-9-19)18-14(20)11-4-3-5-12(16)13(11)17/h3-5,10H,2,6-9H2,1H3,(H,18,20). The number of hydrogen-bond acceptors (Lipinski definition) is 3. The first-order valence-corrected chi connectivity index (χ1v) is 7.95. The second-order valence-corrected chi connectivity index (χ2v) is 5.82. The van der Waals surface area contributed by atoms with Crippen molar-refractivity contribution in [2.75, 3.05) is 19.7 Å². The first-order valence-electron chi connectivity index (χ1n) is 7.19. The number of likely N-dealkylation sites (tertiary alicyclic amines) is 1. The molecule has 1 aliphatic heterocycles. The number of nitrogens with zero attached hydrogens (tertiary/aromatic N) is 1. The fourth-order valence-corrected chi connectivity index (χ4v) is 2.75. The molecular formula is C15H18Cl2N2O3. The van der Waals surface area contributed by atoms with Crippen molar-refractivity contribution in [3.8, 4) is 0 Å². The van der Waals surface area contributed by atoms with Crippen molar-refractivity contribution in [3.63, 3.8) is 0 Å². The summed E-state index contributed by atoms with van der Waals surface area (Å²) in [4.78, 5) is 25.5. The molecule has 2 amide bonds. The van der Waals surface area contributed by atoms with E-state index in [1.54, 1.807) is 30.0 Å². The first kappa shape index (κ1) is 16.9. The molecule has 1 aromatic carbocycles. The van der Waals surface area contributed by atoms with Crippen LogP contribution in [0.4, 0.5) is 4.79 Å². The van der Waals surface area contributed by atoms with Gasteiger partial charge in [0.15, 0.2) is 0 Å². The number of carbonyl (C=O) groups excluding carboxylic acids is 2. The molecule has 2 rings (SSSR count). The number of rotatable bonds is 3. The van der Waals surface area contributed by atoms with Gasteiger partial charge in [0.05, 0.1) is 22.2 Å². The lowest BCUT2D eigenvalue weighted by molar-refractivity contribution is 0.0860. The van der Waals surface area contributed by atoms with E-state index >= 15 is 0 Å². The molecule has 0 spiro atoms. The molecule has 7 heteroatoms. The van der Waals surface area contributed by atoms with E-state index in [2.05, 4.69) is 5.32 Å². The number of amides is 2. The molecule has 0 aromatic heterocycles. The molecule has 1 aromatic rings. The zero-order chi connectivity index (χ0) is 16.1. The van der Waals surface area contributed by atoms with Crippen LogP contribution >= 0.6 is 23.2 Å². The zero-order valence-corrected chi connectivity index (χ0v) is 13.8. The van der Waals surface area contributed by atoms with Gasteiger partial charge in [-0.15, -0.1) is 0 Å². The van der Waals surface area contributed by atoms with Crippen LogP contribution in [-0.4, -0.2) is 42.6 Å². The zero-order valence-electron chi connectivity index (χ0n) is 12.3. The van der Waals surface area contributed by atoms with Gasteiger partial charge in [0.25, 0.3) is 5.91 Å². The van der Waals surface area contributed by atoms with Gasteiger partial charge in [-0.3, -0.25) is 4.79 Å². The van der Waals surface area contributed by atoms with Gasteiger partial charge in [0.2, 0.25) is 0 Å². The van der Waals surface area contributed by atoms with Crippen molar-refractivity contribution in [1.82, 2.24) is 10.2 Å². The van der Waals surface area contributed by atoms with Gasteiger partial charge in [-0.05, 0) is 31.9 Å². The minimum atomic E-state index is -0.301. The van der Waals surface area contributed by atoms with Crippen LogP contribution in [0.1, 0.15) is 30.1 Å². The van der Waals surface area contributed by atoms with Crippen molar-refractivity contribution < 1.29 is 14.3 Å². The molecule has 0 atom stereocenters. The van der Waals surface area contributed by atoms with Crippen LogP contribution in [0.3, 0.4) is 0 Å². The minimum absolute atomic E-state index is 0.00762. The van der Waals surface area contributed by atoms with E-state index in [9.17, 15) is 9.59 Å². The maximum atomic E-state index is 12.2. The molecule has 1 N–H and O–H groups in total. The summed E-state index contributed by atoms with van der Waals surface area (Å²) < 4.78 is 4.96. The summed E-state index contributed by atoms with van der Waals surface area (Å²) in [7, 11) is 0. The summed E-state index contributed by atoms with van der Waals surface area (Å²) in [5, 5.41) is 3.54. The van der Waals surface area contributed by atoms with Crippen LogP contribution < -0.4 is 5.32 Å². The van der Waals surface area contributed by atoms with Crippen molar-refractivity contribution in [2.45, 2.75) is 25.8 Å². The third kappa shape index (κ3) is 4.05. The molecule has 0 radical (unpaired) electrons. The highest BCUT2D eigenvalue weighted by Gasteiger charge is 2.25. The van der Waals surface area contributed by atoms with Crippen LogP contribution in [0.5, 0.6) is 0 Å². The number of benzene rings is 1. The number of halogens is 2. The minimum Gasteiger partial charge on any atom is -0.450 e. The van der Waals surface area contributed by atoms with Crippen molar-refractivity contribution in [1.29, 1.82) is 0 Å². The fraction of sp³-hybridized carbons (Fsp3) is 0.467. The summed E-state index contributed by atoms with van der Waals surface area (Å²) in [5.41, 5.74) is 0.363. The van der Waals surface area contributed by atoms with Gasteiger partial charge < -0.3 is 15.0 Å². The molecule has 120 valence electrons. The first-order chi connectivity index (χ1) is 10.5. The Morgan fingerprint density at radius 3 is 2.64 bits per heavy atom. The monoisotopic (exact) mass is 344 g/mol. The Bertz CT molecular complexity index is 558. The summed E-state index contributed by atoms with van der Waals surface area (Å²) in [6, 6.07) is 4.97. The van der Waals surface area contributed by atoms with E-state index in [-0.39, 0.29) is 23.1 Å². The van der Waals surface area contributed by atoms with E-state index in [4.69, 9.17) is 27.9 Å². The molecule has 0 unspecified atom stereocenters. The summed E-state index contributed by atoms with van der Waals surface area (Å²) in [6.45, 7) is 3.27. The molecule has 1 saturated heterocycles. The third-order valence-corrected chi connectivity index (χ3v) is 4.37. The molecule has 1 aliphatic rings. The SMILES string of the molecule is CCOC(=O)N1CCC(NC(=O)c2cccc(Cl)c2Cl)CC1. The van der Waals surface area contributed by atoms with Crippen molar-refractivity contribution in [3.05, 3.63) is 33.8 Å². The topological polar surface area (TPSA) is 58.6 Å². The molecule has 1 heterocycles. The largest absolute Gasteiger partial charge is 0.450 e. The van der Waals surface area contributed by atoms with Crippen LogP contribution in [0.25, 0.3) is 0 Å². The van der Waals surface area contributed by atoms with Gasteiger partial charge in [-0.25, -0.2) is 4.79 Å². The third-order valence-electron chi connectivity index (χ3n) is 3.55. The molecular weight excluding hydrogens is 327 g/mol. The average molecular weight is 345 g/mol. The van der Waals surface area contributed by atoms with E-state index in [0.29, 0.717) is 43.1 Å². The highest BCUT2D eigenvalue weighted by atomic mass is 35.5. The van der Waals surface area contributed by atoms with E-state index < -0.39 is 0 Å². The predicted molar refractivity (Wildman–Crippen MR) is 85.5 cm³/mol. The van der Waals surface area contributed by atoms with Crippen LogP contribution in [0.2, 0.25) is 10.0 Å². The van der Waals surface area contributed by atoms with Crippen LogP contribution in [-0.2, 0) is 4.74 Å². The maximum absolute atomic E-state index is 12.2. The normalized spacial score (nSPS) is 15.5. The number of piperidine rings is 1. The number of hydrogen-bond donors (Lipinski definition) is 1. The Labute approximate surface area is 139 Å². The highest BCUT2D eigenvalue weighted by Crippen LogP contribution is 2.25. The van der Waals surface area contributed by atoms with E-state index in [1.165, 1.54) is 0 Å². The van der Waals surface area contributed by atoms with E-state index in [1.807, 2.05) is 0 Å². The van der Waals surface area contributed by atoms with Gasteiger partial charge in [0.1, 0.15) is 0 Å². The smallest absolute Gasteiger partial charge is 0.409 e. The molecule has 5 nitrogen and oxygen atoms in total. The number of nitrogens with one attached hydrogen (secondary N) is 1. The lowest BCUT2D eigenvalue weighted by Gasteiger charge is -2.31. The van der Waals surface area contributed by atoms with Gasteiger partial charge in [-0.2, -0.15) is 0 Å². The van der Waals surface area contributed by atoms with Gasteiger partial charge in [0, 0.05) is 19.1 Å². The lowest BCUT2D eigenvalue weighted by Crippen LogP contribution is -2.46. The summed E-state index contributed by atoms with van der Waals surface area (Å²) in [5.74, 6) is -0.248.